The van der Waals surface area contributed by atoms with E-state index < -0.39 is 30.5 Å². The second-order valence-electron chi connectivity index (χ2n) is 6.61. The fourth-order valence-electron chi connectivity index (χ4n) is 3.98. The van der Waals surface area contributed by atoms with Crippen LogP contribution in [-0.4, -0.2) is 43.9 Å². The SMILES string of the molecule is CCCOC1CCC(C2CCC(OCC)C(F)C2F)C(F)C1. The van der Waals surface area contributed by atoms with Crippen molar-refractivity contribution >= 4 is 0 Å². The van der Waals surface area contributed by atoms with Gasteiger partial charge >= 0.3 is 0 Å². The summed E-state index contributed by atoms with van der Waals surface area (Å²) in [5, 5.41) is 0. The van der Waals surface area contributed by atoms with Gasteiger partial charge in [0.15, 0.2) is 6.17 Å². The molecule has 0 radical (unpaired) electrons. The molecule has 0 N–H and O–H groups in total. The summed E-state index contributed by atoms with van der Waals surface area (Å²) in [7, 11) is 0. The molecule has 2 nitrogen and oxygen atoms in total. The van der Waals surface area contributed by atoms with Crippen molar-refractivity contribution in [3.8, 4) is 0 Å². The van der Waals surface area contributed by atoms with Gasteiger partial charge in [-0.3, -0.25) is 0 Å². The molecule has 0 amide bonds. The van der Waals surface area contributed by atoms with E-state index in [0.717, 1.165) is 12.8 Å². The van der Waals surface area contributed by atoms with Gasteiger partial charge in [0, 0.05) is 19.6 Å². The highest BCUT2D eigenvalue weighted by atomic mass is 19.2. The van der Waals surface area contributed by atoms with E-state index in [1.807, 2.05) is 6.92 Å². The van der Waals surface area contributed by atoms with Crippen LogP contribution in [0.1, 0.15) is 52.4 Å². The monoisotopic (exact) mass is 322 g/mol. The molecule has 7 atom stereocenters. The van der Waals surface area contributed by atoms with E-state index in [1.165, 1.54) is 0 Å². The Kier molecular flexibility index (Phi) is 7.00. The Hall–Kier alpha value is -0.290. The van der Waals surface area contributed by atoms with Gasteiger partial charge in [-0.25, -0.2) is 13.2 Å². The Morgan fingerprint density at radius 1 is 0.864 bits per heavy atom. The van der Waals surface area contributed by atoms with Crippen LogP contribution in [0.2, 0.25) is 0 Å². The van der Waals surface area contributed by atoms with Gasteiger partial charge in [-0.1, -0.05) is 6.92 Å². The quantitative estimate of drug-likeness (QED) is 0.721. The first-order chi connectivity index (χ1) is 10.6. The van der Waals surface area contributed by atoms with Crippen molar-refractivity contribution in [3.63, 3.8) is 0 Å². The van der Waals surface area contributed by atoms with Gasteiger partial charge in [0.2, 0.25) is 0 Å². The lowest BCUT2D eigenvalue weighted by Crippen LogP contribution is -2.48. The molecule has 0 aliphatic heterocycles. The van der Waals surface area contributed by atoms with Crippen molar-refractivity contribution in [1.82, 2.24) is 0 Å². The average Bonchev–Trinajstić information content (AvgIpc) is 2.51. The van der Waals surface area contributed by atoms with E-state index >= 15 is 0 Å². The van der Waals surface area contributed by atoms with Crippen LogP contribution < -0.4 is 0 Å². The molecule has 2 aliphatic rings. The molecule has 0 bridgehead atoms. The zero-order valence-electron chi connectivity index (χ0n) is 13.6. The first kappa shape index (κ1) is 18.1. The van der Waals surface area contributed by atoms with Crippen molar-refractivity contribution in [2.45, 2.75) is 83.1 Å². The molecule has 2 fully saturated rings. The number of ether oxygens (including phenoxy) is 2. The number of alkyl halides is 3. The van der Waals surface area contributed by atoms with E-state index in [9.17, 15) is 13.2 Å². The Morgan fingerprint density at radius 3 is 2.23 bits per heavy atom. The molecular formula is C17H29F3O2. The van der Waals surface area contributed by atoms with Crippen LogP contribution in [0.3, 0.4) is 0 Å². The smallest absolute Gasteiger partial charge is 0.157 e. The summed E-state index contributed by atoms with van der Waals surface area (Å²) in [5.74, 6) is -0.897. The molecule has 22 heavy (non-hydrogen) atoms. The molecule has 130 valence electrons. The number of rotatable bonds is 6. The molecule has 0 spiro atoms. The Balaban J connectivity index is 1.89. The zero-order chi connectivity index (χ0) is 16.1. The standard InChI is InChI=1S/C17H29F3O2/c1-3-9-22-11-5-6-12(14(18)10-11)13-7-8-15(21-4-2)17(20)16(13)19/h11-17H,3-10H2,1-2H3. The number of hydrogen-bond acceptors (Lipinski definition) is 2. The van der Waals surface area contributed by atoms with E-state index in [1.54, 1.807) is 6.92 Å². The maximum atomic E-state index is 14.5. The van der Waals surface area contributed by atoms with Crippen molar-refractivity contribution in [1.29, 1.82) is 0 Å². The minimum absolute atomic E-state index is 0.0646. The second kappa shape index (κ2) is 8.53. The fourth-order valence-corrected chi connectivity index (χ4v) is 3.98. The van der Waals surface area contributed by atoms with Crippen molar-refractivity contribution < 1.29 is 22.6 Å². The topological polar surface area (TPSA) is 18.5 Å². The van der Waals surface area contributed by atoms with Crippen LogP contribution >= 0.6 is 0 Å². The molecule has 7 unspecified atom stereocenters. The lowest BCUT2D eigenvalue weighted by molar-refractivity contribution is -0.1000. The summed E-state index contributed by atoms with van der Waals surface area (Å²) < 4.78 is 53.9. The molecular weight excluding hydrogens is 293 g/mol. The van der Waals surface area contributed by atoms with Gasteiger partial charge in [0.1, 0.15) is 12.3 Å². The van der Waals surface area contributed by atoms with Crippen LogP contribution in [0.5, 0.6) is 0 Å². The largest absolute Gasteiger partial charge is 0.378 e. The van der Waals surface area contributed by atoms with Gasteiger partial charge < -0.3 is 9.47 Å². The molecule has 0 saturated heterocycles. The molecule has 2 saturated carbocycles. The normalized spacial score (nSPS) is 43.2. The Bertz CT molecular complexity index is 329. The van der Waals surface area contributed by atoms with Crippen molar-refractivity contribution in [3.05, 3.63) is 0 Å². The summed E-state index contributed by atoms with van der Waals surface area (Å²) in [5.41, 5.74) is 0. The van der Waals surface area contributed by atoms with E-state index in [2.05, 4.69) is 0 Å². The molecule has 5 heteroatoms. The molecule has 0 aromatic rings. The average molecular weight is 322 g/mol. The van der Waals surface area contributed by atoms with E-state index in [4.69, 9.17) is 9.47 Å². The zero-order valence-corrected chi connectivity index (χ0v) is 13.6. The lowest BCUT2D eigenvalue weighted by atomic mass is 9.70. The predicted octanol–water partition coefficient (Wildman–Crippen LogP) is 4.41. The Morgan fingerprint density at radius 2 is 1.59 bits per heavy atom. The van der Waals surface area contributed by atoms with Crippen LogP contribution in [0.4, 0.5) is 13.2 Å². The maximum Gasteiger partial charge on any atom is 0.157 e. The first-order valence-corrected chi connectivity index (χ1v) is 8.73. The molecule has 2 aliphatic carbocycles. The molecule has 2 rings (SSSR count). The summed E-state index contributed by atoms with van der Waals surface area (Å²) in [6.07, 6.45) is -1.49. The maximum absolute atomic E-state index is 14.5. The molecule has 0 heterocycles. The highest BCUT2D eigenvalue weighted by Crippen LogP contribution is 2.43. The third-order valence-electron chi connectivity index (χ3n) is 5.12. The van der Waals surface area contributed by atoms with Crippen molar-refractivity contribution in [2.24, 2.45) is 11.8 Å². The van der Waals surface area contributed by atoms with Gasteiger partial charge in [0.25, 0.3) is 0 Å². The summed E-state index contributed by atoms with van der Waals surface area (Å²) in [6.45, 7) is 4.82. The van der Waals surface area contributed by atoms with Gasteiger partial charge in [0.05, 0.1) is 12.2 Å². The van der Waals surface area contributed by atoms with Crippen LogP contribution in [0.15, 0.2) is 0 Å². The van der Waals surface area contributed by atoms with Gasteiger partial charge in [-0.15, -0.1) is 0 Å². The fraction of sp³-hybridized carbons (Fsp3) is 1.00. The Labute approximate surface area is 131 Å². The third-order valence-corrected chi connectivity index (χ3v) is 5.12. The highest BCUT2D eigenvalue weighted by molar-refractivity contribution is 4.95. The number of hydrogen-bond donors (Lipinski definition) is 0. The summed E-state index contributed by atoms with van der Waals surface area (Å²) in [6, 6.07) is 0. The predicted molar refractivity (Wildman–Crippen MR) is 80.2 cm³/mol. The van der Waals surface area contributed by atoms with Crippen LogP contribution in [0, 0.1) is 11.8 Å². The first-order valence-electron chi connectivity index (χ1n) is 8.73. The molecule has 0 aromatic carbocycles. The third kappa shape index (κ3) is 4.16. The summed E-state index contributed by atoms with van der Waals surface area (Å²) >= 11 is 0. The highest BCUT2D eigenvalue weighted by Gasteiger charge is 2.47. The van der Waals surface area contributed by atoms with Crippen LogP contribution in [0.25, 0.3) is 0 Å². The van der Waals surface area contributed by atoms with Gasteiger partial charge in [-0.05, 0) is 50.9 Å². The van der Waals surface area contributed by atoms with E-state index in [-0.39, 0.29) is 12.0 Å². The summed E-state index contributed by atoms with van der Waals surface area (Å²) in [4.78, 5) is 0. The lowest BCUT2D eigenvalue weighted by Gasteiger charge is -2.42. The number of halogens is 3. The van der Waals surface area contributed by atoms with Gasteiger partial charge in [-0.2, -0.15) is 0 Å². The second-order valence-corrected chi connectivity index (χ2v) is 6.61. The minimum Gasteiger partial charge on any atom is -0.378 e. The van der Waals surface area contributed by atoms with Crippen molar-refractivity contribution in [2.75, 3.05) is 13.2 Å². The minimum atomic E-state index is -1.63. The van der Waals surface area contributed by atoms with E-state index in [0.29, 0.717) is 38.9 Å². The van der Waals surface area contributed by atoms with Crippen LogP contribution in [-0.2, 0) is 9.47 Å². The molecule has 0 aromatic heterocycles.